The Kier molecular flexibility index (Phi) is 5.43. The summed E-state index contributed by atoms with van der Waals surface area (Å²) in [4.78, 5) is 29.6. The highest BCUT2D eigenvalue weighted by atomic mass is 32.1. The van der Waals surface area contributed by atoms with Gasteiger partial charge in [0.2, 0.25) is 0 Å². The molecule has 1 aromatic carbocycles. The summed E-state index contributed by atoms with van der Waals surface area (Å²) in [5.41, 5.74) is 1.17. The average Bonchev–Trinajstić information content (AvgIpc) is 3.10. The molecule has 1 saturated heterocycles. The zero-order valence-electron chi connectivity index (χ0n) is 13.7. The molecule has 0 aliphatic carbocycles. The van der Waals surface area contributed by atoms with Gasteiger partial charge in [-0.3, -0.25) is 9.59 Å². The molecule has 0 spiro atoms. The van der Waals surface area contributed by atoms with E-state index in [4.69, 9.17) is 5.11 Å². The highest BCUT2D eigenvalue weighted by Gasteiger charge is 2.26. The Morgan fingerprint density at radius 3 is 2.80 bits per heavy atom. The van der Waals surface area contributed by atoms with Crippen molar-refractivity contribution in [2.45, 2.75) is 25.7 Å². The summed E-state index contributed by atoms with van der Waals surface area (Å²) in [6, 6.07) is 6.03. The van der Waals surface area contributed by atoms with Gasteiger partial charge in [0.25, 0.3) is 5.91 Å². The number of hydrogen-bond donors (Lipinski definition) is 1. The average molecular weight is 362 g/mol. The quantitative estimate of drug-likeness (QED) is 0.881. The molecule has 1 fully saturated rings. The summed E-state index contributed by atoms with van der Waals surface area (Å²) < 4.78 is 13.0. The van der Waals surface area contributed by atoms with E-state index in [0.29, 0.717) is 30.2 Å². The van der Waals surface area contributed by atoms with Crippen molar-refractivity contribution in [2.75, 3.05) is 13.1 Å². The van der Waals surface area contributed by atoms with Crippen LogP contribution in [0.5, 0.6) is 0 Å². The molecule has 0 radical (unpaired) electrons. The molecule has 1 aliphatic rings. The fraction of sp³-hybridized carbons (Fsp3) is 0.389. The number of aliphatic carboxylic acids is 1. The van der Waals surface area contributed by atoms with Crippen molar-refractivity contribution in [1.82, 2.24) is 9.88 Å². The molecule has 1 N–H and O–H groups in total. The maximum Gasteiger partial charge on any atom is 0.303 e. The van der Waals surface area contributed by atoms with Crippen LogP contribution in [0.2, 0.25) is 0 Å². The standard InChI is InChI=1S/C18H19FN2O3S/c19-14-6-4-13(5-7-14)17-20-15(11-25-17)18(24)21-9-1-2-12(10-21)3-8-16(22)23/h4-7,11-12H,1-3,8-10H2,(H,22,23)/t12-/m1/s1. The summed E-state index contributed by atoms with van der Waals surface area (Å²) >= 11 is 1.36. The molecule has 1 aliphatic heterocycles. The van der Waals surface area contributed by atoms with Crippen LogP contribution in [-0.2, 0) is 4.79 Å². The first-order chi connectivity index (χ1) is 12.0. The van der Waals surface area contributed by atoms with Gasteiger partial charge in [0.1, 0.15) is 16.5 Å². The smallest absolute Gasteiger partial charge is 0.303 e. The van der Waals surface area contributed by atoms with Gasteiger partial charge in [-0.1, -0.05) is 0 Å². The number of carbonyl (C=O) groups excluding carboxylic acids is 1. The topological polar surface area (TPSA) is 70.5 Å². The number of carboxylic acid groups (broad SMARTS) is 1. The minimum Gasteiger partial charge on any atom is -0.481 e. The van der Waals surface area contributed by atoms with Crippen molar-refractivity contribution in [3.63, 3.8) is 0 Å². The monoisotopic (exact) mass is 362 g/mol. The number of hydrogen-bond acceptors (Lipinski definition) is 4. The largest absolute Gasteiger partial charge is 0.481 e. The SMILES string of the molecule is O=C(O)CC[C@H]1CCCN(C(=O)c2csc(-c3ccc(F)cc3)n2)C1. The molecule has 0 unspecified atom stereocenters. The second kappa shape index (κ2) is 7.74. The first kappa shape index (κ1) is 17.5. The lowest BCUT2D eigenvalue weighted by atomic mass is 9.93. The summed E-state index contributed by atoms with van der Waals surface area (Å²) in [7, 11) is 0. The fourth-order valence-electron chi connectivity index (χ4n) is 3.07. The maximum atomic E-state index is 13.0. The van der Waals surface area contributed by atoms with E-state index < -0.39 is 5.97 Å². The fourth-order valence-corrected chi connectivity index (χ4v) is 3.87. The van der Waals surface area contributed by atoms with Gasteiger partial charge in [-0.2, -0.15) is 0 Å². The van der Waals surface area contributed by atoms with Crippen LogP contribution in [0.1, 0.15) is 36.2 Å². The molecule has 1 atom stereocenters. The number of amides is 1. The van der Waals surface area contributed by atoms with Crippen molar-refractivity contribution in [3.8, 4) is 10.6 Å². The molecule has 0 saturated carbocycles. The van der Waals surface area contributed by atoms with Crippen molar-refractivity contribution in [2.24, 2.45) is 5.92 Å². The number of nitrogens with zero attached hydrogens (tertiary/aromatic N) is 2. The number of aromatic nitrogens is 1. The zero-order chi connectivity index (χ0) is 17.8. The number of benzene rings is 1. The van der Waals surface area contributed by atoms with E-state index in [9.17, 15) is 14.0 Å². The van der Waals surface area contributed by atoms with Crippen molar-refractivity contribution >= 4 is 23.2 Å². The molecule has 0 bridgehead atoms. The van der Waals surface area contributed by atoms with Gasteiger partial charge in [-0.15, -0.1) is 11.3 Å². The van der Waals surface area contributed by atoms with Crippen molar-refractivity contribution < 1.29 is 19.1 Å². The maximum absolute atomic E-state index is 13.0. The summed E-state index contributed by atoms with van der Waals surface area (Å²) in [6.45, 7) is 1.25. The van der Waals surface area contributed by atoms with Crippen LogP contribution in [0.4, 0.5) is 4.39 Å². The van der Waals surface area contributed by atoms with Crippen LogP contribution >= 0.6 is 11.3 Å². The van der Waals surface area contributed by atoms with Crippen LogP contribution in [0.3, 0.4) is 0 Å². The lowest BCUT2D eigenvalue weighted by Gasteiger charge is -2.32. The van der Waals surface area contributed by atoms with Gasteiger partial charge in [0.05, 0.1) is 0 Å². The predicted octanol–water partition coefficient (Wildman–Crippen LogP) is 3.67. The Labute approximate surface area is 149 Å². The van der Waals surface area contributed by atoms with E-state index in [2.05, 4.69) is 4.98 Å². The molecular formula is C18H19FN2O3S. The Morgan fingerprint density at radius 1 is 1.32 bits per heavy atom. The molecule has 2 aromatic rings. The molecule has 7 heteroatoms. The lowest BCUT2D eigenvalue weighted by Crippen LogP contribution is -2.40. The van der Waals surface area contributed by atoms with Crippen molar-refractivity contribution in [3.05, 3.63) is 41.2 Å². The van der Waals surface area contributed by atoms with Crippen LogP contribution in [-0.4, -0.2) is 40.0 Å². The second-order valence-electron chi connectivity index (χ2n) is 6.24. The number of thiazole rings is 1. The van der Waals surface area contributed by atoms with Crippen LogP contribution in [0.15, 0.2) is 29.6 Å². The summed E-state index contributed by atoms with van der Waals surface area (Å²) in [5.74, 6) is -1.00. The first-order valence-electron chi connectivity index (χ1n) is 8.25. The highest BCUT2D eigenvalue weighted by molar-refractivity contribution is 7.13. The Hall–Kier alpha value is -2.28. The van der Waals surface area contributed by atoms with Gasteiger partial charge < -0.3 is 10.0 Å². The zero-order valence-corrected chi connectivity index (χ0v) is 14.5. The third-order valence-electron chi connectivity index (χ3n) is 4.39. The number of rotatable bonds is 5. The number of likely N-dealkylation sites (tertiary alicyclic amines) is 1. The third-order valence-corrected chi connectivity index (χ3v) is 5.28. The molecule has 132 valence electrons. The highest BCUT2D eigenvalue weighted by Crippen LogP contribution is 2.26. The lowest BCUT2D eigenvalue weighted by molar-refractivity contribution is -0.137. The minimum absolute atomic E-state index is 0.121. The normalized spacial score (nSPS) is 17.5. The van der Waals surface area contributed by atoms with E-state index in [1.165, 1.54) is 23.5 Å². The number of carboxylic acids is 1. The van der Waals surface area contributed by atoms with E-state index >= 15 is 0 Å². The molecule has 5 nitrogen and oxygen atoms in total. The second-order valence-corrected chi connectivity index (χ2v) is 7.09. The number of piperidine rings is 1. The molecule has 1 aromatic heterocycles. The van der Waals surface area contributed by atoms with Crippen LogP contribution < -0.4 is 0 Å². The van der Waals surface area contributed by atoms with Gasteiger partial charge in [-0.05, 0) is 49.4 Å². The van der Waals surface area contributed by atoms with Crippen LogP contribution in [0.25, 0.3) is 10.6 Å². The van der Waals surface area contributed by atoms with E-state index in [1.54, 1.807) is 22.4 Å². The van der Waals surface area contributed by atoms with Crippen molar-refractivity contribution in [1.29, 1.82) is 0 Å². The Bertz CT molecular complexity index is 760. The molecular weight excluding hydrogens is 343 g/mol. The van der Waals surface area contributed by atoms with Gasteiger partial charge in [0, 0.05) is 30.5 Å². The molecule has 1 amide bonds. The van der Waals surface area contributed by atoms with Crippen LogP contribution in [0, 0.1) is 11.7 Å². The number of carbonyl (C=O) groups is 2. The number of halogens is 1. The molecule has 2 heterocycles. The summed E-state index contributed by atoms with van der Waals surface area (Å²) in [5, 5.41) is 11.2. The van der Waals surface area contributed by atoms with Gasteiger partial charge >= 0.3 is 5.97 Å². The third kappa shape index (κ3) is 4.42. The Balaban J connectivity index is 1.66. The minimum atomic E-state index is -0.799. The van der Waals surface area contributed by atoms with Gasteiger partial charge in [-0.25, -0.2) is 9.37 Å². The molecule has 25 heavy (non-hydrogen) atoms. The first-order valence-corrected chi connectivity index (χ1v) is 9.13. The summed E-state index contributed by atoms with van der Waals surface area (Å²) in [6.07, 6.45) is 2.56. The Morgan fingerprint density at radius 2 is 2.08 bits per heavy atom. The van der Waals surface area contributed by atoms with E-state index in [0.717, 1.165) is 18.4 Å². The van der Waals surface area contributed by atoms with E-state index in [1.807, 2.05) is 0 Å². The predicted molar refractivity (Wildman–Crippen MR) is 93.0 cm³/mol. The van der Waals surface area contributed by atoms with Gasteiger partial charge in [0.15, 0.2) is 0 Å². The van der Waals surface area contributed by atoms with E-state index in [-0.39, 0.29) is 24.1 Å². The molecule has 3 rings (SSSR count).